The van der Waals surface area contributed by atoms with Crippen LogP contribution in [0, 0.1) is 0 Å². The lowest BCUT2D eigenvalue weighted by Crippen LogP contribution is -2.23. The third kappa shape index (κ3) is 4.94. The van der Waals surface area contributed by atoms with Gasteiger partial charge in [-0.25, -0.2) is 4.98 Å². The molecule has 3 aromatic rings. The fourth-order valence-corrected chi connectivity index (χ4v) is 2.61. The normalized spacial score (nSPS) is 10.6. The number of para-hydroxylation sites is 1. The maximum Gasteiger partial charge on any atom is 0.261 e. The van der Waals surface area contributed by atoms with Crippen molar-refractivity contribution in [3.8, 4) is 5.75 Å². The Morgan fingerprint density at radius 3 is 2.57 bits per heavy atom. The van der Waals surface area contributed by atoms with E-state index in [0.29, 0.717) is 22.3 Å². The van der Waals surface area contributed by atoms with Crippen molar-refractivity contribution in [3.63, 3.8) is 0 Å². The van der Waals surface area contributed by atoms with Crippen molar-refractivity contribution in [2.45, 2.75) is 19.4 Å². The summed E-state index contributed by atoms with van der Waals surface area (Å²) in [4.78, 5) is 39.5. The Morgan fingerprint density at radius 1 is 1.07 bits per heavy atom. The van der Waals surface area contributed by atoms with Crippen LogP contribution in [0.1, 0.15) is 12.8 Å². The highest BCUT2D eigenvalue weighted by Crippen LogP contribution is 2.16. The van der Waals surface area contributed by atoms with E-state index in [2.05, 4.69) is 10.3 Å². The summed E-state index contributed by atoms with van der Waals surface area (Å²) in [6.07, 6.45) is 1.73. The fraction of sp³-hybridized carbons (Fsp3) is 0.200. The van der Waals surface area contributed by atoms with Gasteiger partial charge in [-0.15, -0.1) is 0 Å². The molecule has 0 aliphatic carbocycles. The molecule has 0 aliphatic rings. The molecule has 0 unspecified atom stereocenters. The molecule has 1 heterocycles. The second-order valence-corrected chi connectivity index (χ2v) is 6.15. The van der Waals surface area contributed by atoms with Crippen molar-refractivity contribution in [1.29, 1.82) is 0 Å². The van der Waals surface area contributed by atoms with Crippen LogP contribution in [0.15, 0.2) is 59.7 Å². The number of aromatic nitrogens is 2. The van der Waals surface area contributed by atoms with E-state index in [1.807, 2.05) is 6.07 Å². The quantitative estimate of drug-likeness (QED) is 0.617. The summed E-state index contributed by atoms with van der Waals surface area (Å²) in [6.45, 7) is 0.437. The molecule has 3 N–H and O–H groups in total. The molecule has 0 aliphatic heterocycles. The topological polar surface area (TPSA) is 116 Å². The van der Waals surface area contributed by atoms with E-state index >= 15 is 0 Å². The Hall–Kier alpha value is -3.68. The van der Waals surface area contributed by atoms with E-state index < -0.39 is 5.91 Å². The van der Waals surface area contributed by atoms with Crippen LogP contribution in [0.4, 0.5) is 5.69 Å². The predicted octanol–water partition coefficient (Wildman–Crippen LogP) is 1.68. The molecule has 28 heavy (non-hydrogen) atoms. The molecule has 0 spiro atoms. The second-order valence-electron chi connectivity index (χ2n) is 6.15. The first kappa shape index (κ1) is 19.1. The molecule has 8 nitrogen and oxygen atoms in total. The molecular formula is C20H20N4O4. The van der Waals surface area contributed by atoms with E-state index in [-0.39, 0.29) is 37.5 Å². The molecule has 0 saturated carbocycles. The molecule has 0 radical (unpaired) electrons. The molecule has 144 valence electrons. The zero-order chi connectivity index (χ0) is 19.9. The zero-order valence-corrected chi connectivity index (χ0v) is 15.1. The van der Waals surface area contributed by atoms with E-state index in [1.165, 1.54) is 10.9 Å². The lowest BCUT2D eigenvalue weighted by molar-refractivity contribution is -0.118. The van der Waals surface area contributed by atoms with E-state index in [4.69, 9.17) is 10.5 Å². The van der Waals surface area contributed by atoms with Gasteiger partial charge in [-0.05, 0) is 36.4 Å². The van der Waals surface area contributed by atoms with Crippen LogP contribution in [0.5, 0.6) is 5.75 Å². The summed E-state index contributed by atoms with van der Waals surface area (Å²) in [5.74, 6) is -0.0694. The molecule has 0 fully saturated rings. The Kier molecular flexibility index (Phi) is 6.01. The molecule has 2 amide bonds. The Balaban J connectivity index is 1.54. The lowest BCUT2D eigenvalue weighted by Gasteiger charge is -2.09. The maximum absolute atomic E-state index is 12.4. The summed E-state index contributed by atoms with van der Waals surface area (Å²) in [5.41, 5.74) is 6.12. The molecule has 0 atom stereocenters. The minimum Gasteiger partial charge on any atom is -0.493 e. The summed E-state index contributed by atoms with van der Waals surface area (Å²) in [7, 11) is 0. The Bertz CT molecular complexity index is 1040. The number of amides is 2. The monoisotopic (exact) mass is 380 g/mol. The number of ether oxygens (including phenoxy) is 1. The van der Waals surface area contributed by atoms with Crippen LogP contribution in [-0.4, -0.2) is 28.0 Å². The highest BCUT2D eigenvalue weighted by Gasteiger charge is 2.07. The molecular weight excluding hydrogens is 360 g/mol. The van der Waals surface area contributed by atoms with Crippen LogP contribution in [0.3, 0.4) is 0 Å². The average molecular weight is 380 g/mol. The Morgan fingerprint density at radius 2 is 1.82 bits per heavy atom. The number of anilines is 1. The van der Waals surface area contributed by atoms with Gasteiger partial charge in [0, 0.05) is 18.7 Å². The number of fused-ring (bicyclic) bond motifs is 1. The third-order valence-electron chi connectivity index (χ3n) is 4.07. The first-order valence-electron chi connectivity index (χ1n) is 8.78. The van der Waals surface area contributed by atoms with Crippen molar-refractivity contribution in [2.24, 2.45) is 5.73 Å². The minimum absolute atomic E-state index is 0.136. The van der Waals surface area contributed by atoms with E-state index in [0.717, 1.165) is 0 Å². The lowest BCUT2D eigenvalue weighted by atomic mass is 10.2. The molecule has 8 heteroatoms. The number of carbonyl (C=O) groups is 2. The second kappa shape index (κ2) is 8.81. The number of primary amides is 1. The van der Waals surface area contributed by atoms with Crippen molar-refractivity contribution >= 4 is 28.4 Å². The zero-order valence-electron chi connectivity index (χ0n) is 15.1. The van der Waals surface area contributed by atoms with Gasteiger partial charge >= 0.3 is 0 Å². The van der Waals surface area contributed by atoms with E-state index in [1.54, 1.807) is 42.5 Å². The smallest absolute Gasteiger partial charge is 0.261 e. The third-order valence-corrected chi connectivity index (χ3v) is 4.07. The number of hydrogen-bond donors (Lipinski definition) is 2. The predicted molar refractivity (Wildman–Crippen MR) is 105 cm³/mol. The highest BCUT2D eigenvalue weighted by molar-refractivity contribution is 5.90. The molecule has 1 aromatic heterocycles. The standard InChI is InChI=1S/C20H20N4O4/c21-18(25)10-12-28-15-7-5-14(6-8-15)23-19(26)9-11-24-13-22-17-4-2-1-3-16(17)20(24)27/h1-8,13H,9-12H2,(H2,21,25)(H,23,26). The van der Waals surface area contributed by atoms with Gasteiger partial charge in [-0.2, -0.15) is 0 Å². The summed E-state index contributed by atoms with van der Waals surface area (Å²) < 4.78 is 6.80. The number of carbonyl (C=O) groups excluding carboxylic acids is 2. The van der Waals surface area contributed by atoms with Crippen molar-refractivity contribution < 1.29 is 14.3 Å². The number of nitrogens with zero attached hydrogens (tertiary/aromatic N) is 2. The first-order chi connectivity index (χ1) is 13.5. The van der Waals surface area contributed by atoms with Crippen molar-refractivity contribution in [1.82, 2.24) is 9.55 Å². The molecule has 0 saturated heterocycles. The van der Waals surface area contributed by atoms with Gasteiger partial charge in [0.25, 0.3) is 5.56 Å². The number of nitrogens with one attached hydrogen (secondary N) is 1. The number of benzene rings is 2. The van der Waals surface area contributed by atoms with Gasteiger partial charge in [0.2, 0.25) is 11.8 Å². The first-order valence-corrected chi connectivity index (χ1v) is 8.78. The van der Waals surface area contributed by atoms with Crippen LogP contribution >= 0.6 is 0 Å². The maximum atomic E-state index is 12.4. The SMILES string of the molecule is NC(=O)CCOc1ccc(NC(=O)CCn2cnc3ccccc3c2=O)cc1. The van der Waals surface area contributed by atoms with Crippen LogP contribution in [0.2, 0.25) is 0 Å². The average Bonchev–Trinajstić information content (AvgIpc) is 2.69. The number of aryl methyl sites for hydroxylation is 1. The fourth-order valence-electron chi connectivity index (χ4n) is 2.61. The van der Waals surface area contributed by atoms with Crippen LogP contribution < -0.4 is 21.3 Å². The van der Waals surface area contributed by atoms with Crippen molar-refractivity contribution in [2.75, 3.05) is 11.9 Å². The van der Waals surface area contributed by atoms with Crippen molar-refractivity contribution in [3.05, 3.63) is 65.2 Å². The summed E-state index contributed by atoms with van der Waals surface area (Å²) in [6, 6.07) is 13.9. The molecule has 0 bridgehead atoms. The van der Waals surface area contributed by atoms with E-state index in [9.17, 15) is 14.4 Å². The molecule has 3 rings (SSSR count). The Labute approximate surface area is 160 Å². The van der Waals surface area contributed by atoms with Gasteiger partial charge in [0.1, 0.15) is 5.75 Å². The summed E-state index contributed by atoms with van der Waals surface area (Å²) >= 11 is 0. The van der Waals surface area contributed by atoms with Gasteiger partial charge < -0.3 is 15.8 Å². The van der Waals surface area contributed by atoms with Crippen LogP contribution in [0.25, 0.3) is 10.9 Å². The minimum atomic E-state index is -0.426. The number of rotatable bonds is 8. The largest absolute Gasteiger partial charge is 0.493 e. The van der Waals surface area contributed by atoms with Gasteiger partial charge in [0.15, 0.2) is 0 Å². The van der Waals surface area contributed by atoms with Gasteiger partial charge in [-0.1, -0.05) is 12.1 Å². The number of nitrogens with two attached hydrogens (primary N) is 1. The van der Waals surface area contributed by atoms with Gasteiger partial charge in [0.05, 0.1) is 30.3 Å². The highest BCUT2D eigenvalue weighted by atomic mass is 16.5. The number of hydrogen-bond acceptors (Lipinski definition) is 5. The summed E-state index contributed by atoms with van der Waals surface area (Å²) in [5, 5.41) is 3.29. The molecule has 2 aromatic carbocycles. The van der Waals surface area contributed by atoms with Gasteiger partial charge in [-0.3, -0.25) is 19.0 Å². The van der Waals surface area contributed by atoms with Crippen LogP contribution in [-0.2, 0) is 16.1 Å².